The van der Waals surface area contributed by atoms with Gasteiger partial charge < -0.3 is 4.74 Å². The van der Waals surface area contributed by atoms with Crippen LogP contribution in [0.15, 0.2) is 30.3 Å². The molecule has 0 aliphatic carbocycles. The molecule has 0 heterocycles. The van der Waals surface area contributed by atoms with Crippen molar-refractivity contribution in [1.82, 2.24) is 0 Å². The Bertz CT molecular complexity index is 345. The first-order chi connectivity index (χ1) is 6.74. The van der Waals surface area contributed by atoms with Crippen LogP contribution in [0.3, 0.4) is 0 Å². The molecule has 1 rings (SSSR count). The van der Waals surface area contributed by atoms with Crippen LogP contribution in [-0.4, -0.2) is 11.3 Å². The van der Waals surface area contributed by atoms with Gasteiger partial charge in [0.2, 0.25) is 0 Å². The van der Waals surface area contributed by atoms with Crippen LogP contribution in [0.25, 0.3) is 6.08 Å². The Morgan fingerprint density at radius 3 is 2.86 bits per heavy atom. The van der Waals surface area contributed by atoms with Gasteiger partial charge in [0, 0.05) is 17.8 Å². The van der Waals surface area contributed by atoms with Crippen molar-refractivity contribution in [1.29, 1.82) is 0 Å². The molecule has 0 radical (unpaired) electrons. The summed E-state index contributed by atoms with van der Waals surface area (Å²) in [6, 6.07) is 7.41. The van der Waals surface area contributed by atoms with E-state index in [1.54, 1.807) is 6.07 Å². The molecular formula is C11H11BrO2. The molecule has 0 unspecified atom stereocenters. The first-order valence-corrected chi connectivity index (χ1v) is 5.36. The second-order valence-electron chi connectivity index (χ2n) is 2.69. The zero-order chi connectivity index (χ0) is 10.4. The molecule has 0 amide bonds. The highest BCUT2D eigenvalue weighted by Crippen LogP contribution is 2.19. The molecule has 2 nitrogen and oxygen atoms in total. The van der Waals surface area contributed by atoms with Gasteiger partial charge in [0.1, 0.15) is 5.75 Å². The number of esters is 1. The van der Waals surface area contributed by atoms with Crippen LogP contribution < -0.4 is 4.74 Å². The zero-order valence-corrected chi connectivity index (χ0v) is 9.45. The maximum absolute atomic E-state index is 10.8. The summed E-state index contributed by atoms with van der Waals surface area (Å²) >= 11 is 3.29. The quantitative estimate of drug-likeness (QED) is 0.471. The molecule has 0 fully saturated rings. The van der Waals surface area contributed by atoms with Gasteiger partial charge in [-0.15, -0.1) is 0 Å². The maximum Gasteiger partial charge on any atom is 0.308 e. The lowest BCUT2D eigenvalue weighted by Gasteiger charge is -2.04. The Hall–Kier alpha value is -1.09. The molecule has 0 N–H and O–H groups in total. The standard InChI is InChI=1S/C11H11BrO2/c1-9(13)14-11-7-3-2-5-10(11)6-4-8-12/h2-7H,8H2,1H3. The minimum Gasteiger partial charge on any atom is -0.426 e. The Labute approximate surface area is 91.7 Å². The Morgan fingerprint density at radius 1 is 1.50 bits per heavy atom. The molecule has 0 saturated heterocycles. The van der Waals surface area contributed by atoms with Gasteiger partial charge in [0.25, 0.3) is 0 Å². The van der Waals surface area contributed by atoms with Gasteiger partial charge in [-0.25, -0.2) is 0 Å². The fraction of sp³-hybridized carbons (Fsp3) is 0.182. The van der Waals surface area contributed by atoms with E-state index in [0.717, 1.165) is 10.9 Å². The molecular weight excluding hydrogens is 244 g/mol. The second kappa shape index (κ2) is 5.60. The van der Waals surface area contributed by atoms with Gasteiger partial charge in [0.05, 0.1) is 0 Å². The number of hydrogen-bond acceptors (Lipinski definition) is 2. The molecule has 0 spiro atoms. The Morgan fingerprint density at radius 2 is 2.21 bits per heavy atom. The topological polar surface area (TPSA) is 26.3 Å². The minimum atomic E-state index is -0.301. The highest BCUT2D eigenvalue weighted by atomic mass is 79.9. The largest absolute Gasteiger partial charge is 0.426 e. The maximum atomic E-state index is 10.8. The normalized spacial score (nSPS) is 10.4. The first-order valence-electron chi connectivity index (χ1n) is 4.24. The molecule has 3 heteroatoms. The summed E-state index contributed by atoms with van der Waals surface area (Å²) in [5.74, 6) is 0.293. The molecule has 74 valence electrons. The van der Waals surface area contributed by atoms with Gasteiger partial charge in [-0.2, -0.15) is 0 Å². The van der Waals surface area contributed by atoms with E-state index < -0.39 is 0 Å². The first kappa shape index (κ1) is 11.0. The van der Waals surface area contributed by atoms with Crippen LogP contribution in [0, 0.1) is 0 Å². The molecule has 1 aromatic carbocycles. The second-order valence-corrected chi connectivity index (χ2v) is 3.34. The number of carbonyl (C=O) groups excluding carboxylic acids is 1. The summed E-state index contributed by atoms with van der Waals surface area (Å²) in [4.78, 5) is 10.8. The van der Waals surface area contributed by atoms with Gasteiger partial charge in [-0.1, -0.05) is 46.3 Å². The third kappa shape index (κ3) is 3.34. The average molecular weight is 255 g/mol. The number of hydrogen-bond donors (Lipinski definition) is 0. The van der Waals surface area contributed by atoms with Crippen LogP contribution in [0.1, 0.15) is 12.5 Å². The number of ether oxygens (including phenoxy) is 1. The Kier molecular flexibility index (Phi) is 4.40. The van der Waals surface area contributed by atoms with Crippen LogP contribution in [0.2, 0.25) is 0 Å². The lowest BCUT2D eigenvalue weighted by Crippen LogP contribution is -2.02. The zero-order valence-electron chi connectivity index (χ0n) is 7.87. The fourth-order valence-electron chi connectivity index (χ4n) is 1.04. The van der Waals surface area contributed by atoms with E-state index in [1.165, 1.54) is 6.92 Å². The summed E-state index contributed by atoms with van der Waals surface area (Å²) in [6.07, 6.45) is 3.86. The molecule has 14 heavy (non-hydrogen) atoms. The summed E-state index contributed by atoms with van der Waals surface area (Å²) in [5.41, 5.74) is 0.905. The summed E-state index contributed by atoms with van der Waals surface area (Å²) < 4.78 is 5.04. The number of benzene rings is 1. The van der Waals surface area contributed by atoms with E-state index in [4.69, 9.17) is 4.74 Å². The van der Waals surface area contributed by atoms with Crippen LogP contribution >= 0.6 is 15.9 Å². The van der Waals surface area contributed by atoms with Crippen molar-refractivity contribution in [2.75, 3.05) is 5.33 Å². The minimum absolute atomic E-state index is 0.301. The van der Waals surface area contributed by atoms with Crippen LogP contribution in [-0.2, 0) is 4.79 Å². The summed E-state index contributed by atoms with van der Waals surface area (Å²) in [7, 11) is 0. The predicted molar refractivity (Wildman–Crippen MR) is 60.6 cm³/mol. The number of rotatable bonds is 3. The summed E-state index contributed by atoms with van der Waals surface area (Å²) in [5, 5.41) is 0.779. The molecule has 0 aromatic heterocycles. The molecule has 0 aliphatic rings. The molecule has 0 aliphatic heterocycles. The van der Waals surface area contributed by atoms with E-state index in [9.17, 15) is 4.79 Å². The predicted octanol–water partition coefficient (Wildman–Crippen LogP) is 3.02. The lowest BCUT2D eigenvalue weighted by molar-refractivity contribution is -0.131. The molecule has 0 atom stereocenters. The van der Waals surface area contributed by atoms with Crippen molar-refractivity contribution in [3.8, 4) is 5.75 Å². The monoisotopic (exact) mass is 254 g/mol. The van der Waals surface area contributed by atoms with Gasteiger partial charge in [0.15, 0.2) is 0 Å². The molecule has 0 saturated carbocycles. The number of halogens is 1. The van der Waals surface area contributed by atoms with Crippen molar-refractivity contribution in [3.05, 3.63) is 35.9 Å². The van der Waals surface area contributed by atoms with Crippen molar-refractivity contribution in [2.24, 2.45) is 0 Å². The number of alkyl halides is 1. The van der Waals surface area contributed by atoms with Gasteiger partial charge in [-0.3, -0.25) is 4.79 Å². The fourth-order valence-corrected chi connectivity index (χ4v) is 1.22. The Balaban J connectivity index is 2.90. The van der Waals surface area contributed by atoms with Crippen molar-refractivity contribution >= 4 is 28.0 Å². The molecule has 1 aromatic rings. The van der Waals surface area contributed by atoms with E-state index in [-0.39, 0.29) is 5.97 Å². The highest BCUT2D eigenvalue weighted by molar-refractivity contribution is 9.09. The van der Waals surface area contributed by atoms with E-state index in [0.29, 0.717) is 5.75 Å². The smallest absolute Gasteiger partial charge is 0.308 e. The van der Waals surface area contributed by atoms with Crippen molar-refractivity contribution in [3.63, 3.8) is 0 Å². The lowest BCUT2D eigenvalue weighted by atomic mass is 10.2. The van der Waals surface area contributed by atoms with E-state index >= 15 is 0 Å². The highest BCUT2D eigenvalue weighted by Gasteiger charge is 2.01. The molecule has 0 bridgehead atoms. The van der Waals surface area contributed by atoms with E-state index in [1.807, 2.05) is 30.4 Å². The van der Waals surface area contributed by atoms with E-state index in [2.05, 4.69) is 15.9 Å². The van der Waals surface area contributed by atoms with Crippen LogP contribution in [0.4, 0.5) is 0 Å². The number of carbonyl (C=O) groups is 1. The number of para-hydroxylation sites is 1. The van der Waals surface area contributed by atoms with Crippen LogP contribution in [0.5, 0.6) is 5.75 Å². The van der Waals surface area contributed by atoms with Gasteiger partial charge >= 0.3 is 5.97 Å². The SMILES string of the molecule is CC(=O)Oc1ccccc1C=CCBr. The number of allylic oxidation sites excluding steroid dienone is 1. The summed E-state index contributed by atoms with van der Waals surface area (Å²) in [6.45, 7) is 1.39. The average Bonchev–Trinajstić information content (AvgIpc) is 2.16. The van der Waals surface area contributed by atoms with Crippen molar-refractivity contribution in [2.45, 2.75) is 6.92 Å². The van der Waals surface area contributed by atoms with Gasteiger partial charge in [-0.05, 0) is 6.07 Å². The third-order valence-electron chi connectivity index (χ3n) is 1.56. The third-order valence-corrected chi connectivity index (χ3v) is 1.93. The van der Waals surface area contributed by atoms with Crippen molar-refractivity contribution < 1.29 is 9.53 Å².